The summed E-state index contributed by atoms with van der Waals surface area (Å²) in [6, 6.07) is 5.41. The van der Waals surface area contributed by atoms with Crippen LogP contribution in [0.15, 0.2) is 24.4 Å². The lowest BCUT2D eigenvalue weighted by Crippen LogP contribution is -2.03. The Labute approximate surface area is 92.4 Å². The number of aryl methyl sites for hydroxylation is 1. The number of hydrogen-bond donors (Lipinski definition) is 1. The van der Waals surface area contributed by atoms with Gasteiger partial charge in [0, 0.05) is 6.20 Å². The van der Waals surface area contributed by atoms with E-state index in [-0.39, 0.29) is 5.56 Å². The number of aromatic carboxylic acids is 1. The summed E-state index contributed by atoms with van der Waals surface area (Å²) < 4.78 is 1.54. The van der Waals surface area contributed by atoms with Crippen molar-refractivity contribution in [1.29, 1.82) is 0 Å². The van der Waals surface area contributed by atoms with E-state index in [0.29, 0.717) is 17.2 Å². The van der Waals surface area contributed by atoms with Gasteiger partial charge in [-0.2, -0.15) is 5.10 Å². The molecular weight excluding hydrogens is 206 g/mol. The molecule has 1 N–H and O–H groups in total. The zero-order valence-electron chi connectivity index (χ0n) is 9.01. The van der Waals surface area contributed by atoms with Crippen molar-refractivity contribution >= 4 is 5.97 Å². The number of carboxylic acid groups (broad SMARTS) is 1. The molecule has 0 saturated carbocycles. The first-order valence-electron chi connectivity index (χ1n) is 4.82. The summed E-state index contributed by atoms with van der Waals surface area (Å²) in [4.78, 5) is 15.1. The Morgan fingerprint density at radius 3 is 2.62 bits per heavy atom. The molecule has 0 atom stereocenters. The maximum Gasteiger partial charge on any atom is 0.339 e. The van der Waals surface area contributed by atoms with Crippen LogP contribution in [0.1, 0.15) is 21.7 Å². The van der Waals surface area contributed by atoms with Crippen LogP contribution in [0.2, 0.25) is 0 Å². The third-order valence-electron chi connectivity index (χ3n) is 2.37. The third kappa shape index (κ3) is 1.56. The average molecular weight is 217 g/mol. The van der Waals surface area contributed by atoms with E-state index in [1.54, 1.807) is 36.9 Å². The molecule has 2 aromatic heterocycles. The fourth-order valence-electron chi connectivity index (χ4n) is 1.65. The molecule has 0 spiro atoms. The lowest BCUT2D eigenvalue weighted by Gasteiger charge is -2.01. The van der Waals surface area contributed by atoms with Gasteiger partial charge in [-0.25, -0.2) is 14.5 Å². The smallest absolute Gasteiger partial charge is 0.339 e. The summed E-state index contributed by atoms with van der Waals surface area (Å²) in [6.07, 6.45) is 1.65. The standard InChI is InChI=1S/C11H11N3O2/c1-7-10(11(15)16)8(2)14(13-7)9-5-3-4-6-12-9/h3-6H,1-2H3,(H,15,16). The summed E-state index contributed by atoms with van der Waals surface area (Å²) in [5.74, 6) is -0.340. The Morgan fingerprint density at radius 1 is 1.38 bits per heavy atom. The molecule has 16 heavy (non-hydrogen) atoms. The number of carboxylic acids is 1. The fourth-order valence-corrected chi connectivity index (χ4v) is 1.65. The molecular formula is C11H11N3O2. The molecule has 0 bridgehead atoms. The van der Waals surface area contributed by atoms with E-state index in [0.717, 1.165) is 0 Å². The number of aromatic nitrogens is 3. The molecule has 0 aliphatic rings. The highest BCUT2D eigenvalue weighted by Crippen LogP contribution is 2.16. The number of pyridine rings is 1. The van der Waals surface area contributed by atoms with Gasteiger partial charge in [0.05, 0.1) is 11.4 Å². The predicted octanol–water partition coefficient (Wildman–Crippen LogP) is 1.58. The molecule has 0 aromatic carbocycles. The maximum atomic E-state index is 11.0. The Morgan fingerprint density at radius 2 is 2.12 bits per heavy atom. The molecule has 2 rings (SSSR count). The van der Waals surface area contributed by atoms with Gasteiger partial charge < -0.3 is 5.11 Å². The number of rotatable bonds is 2. The summed E-state index contributed by atoms with van der Waals surface area (Å²) in [5, 5.41) is 13.2. The zero-order chi connectivity index (χ0) is 11.7. The molecule has 5 nitrogen and oxygen atoms in total. The zero-order valence-corrected chi connectivity index (χ0v) is 9.01. The lowest BCUT2D eigenvalue weighted by molar-refractivity contribution is 0.0695. The molecule has 0 saturated heterocycles. The predicted molar refractivity (Wildman–Crippen MR) is 57.8 cm³/mol. The highest BCUT2D eigenvalue weighted by Gasteiger charge is 2.18. The minimum atomic E-state index is -0.961. The van der Waals surface area contributed by atoms with Crippen LogP contribution in [0.25, 0.3) is 5.82 Å². The van der Waals surface area contributed by atoms with Crippen LogP contribution in [-0.4, -0.2) is 25.8 Å². The van der Waals surface area contributed by atoms with Crippen molar-refractivity contribution in [2.45, 2.75) is 13.8 Å². The van der Waals surface area contributed by atoms with Gasteiger partial charge in [-0.15, -0.1) is 0 Å². The van der Waals surface area contributed by atoms with Crippen LogP contribution >= 0.6 is 0 Å². The molecule has 2 aromatic rings. The van der Waals surface area contributed by atoms with Gasteiger partial charge in [0.1, 0.15) is 5.56 Å². The highest BCUT2D eigenvalue weighted by atomic mass is 16.4. The molecule has 0 unspecified atom stereocenters. The van der Waals surface area contributed by atoms with Crippen LogP contribution in [0.5, 0.6) is 0 Å². The summed E-state index contributed by atoms with van der Waals surface area (Å²) >= 11 is 0. The van der Waals surface area contributed by atoms with Crippen molar-refractivity contribution in [2.24, 2.45) is 0 Å². The topological polar surface area (TPSA) is 68.0 Å². The normalized spacial score (nSPS) is 10.4. The SMILES string of the molecule is Cc1nn(-c2ccccn2)c(C)c1C(=O)O. The van der Waals surface area contributed by atoms with Crippen molar-refractivity contribution in [3.8, 4) is 5.82 Å². The first-order chi connectivity index (χ1) is 7.61. The molecule has 0 radical (unpaired) electrons. The van der Waals surface area contributed by atoms with Crippen LogP contribution in [0, 0.1) is 13.8 Å². The van der Waals surface area contributed by atoms with E-state index in [9.17, 15) is 4.79 Å². The molecule has 2 heterocycles. The molecule has 0 amide bonds. The quantitative estimate of drug-likeness (QED) is 0.829. The summed E-state index contributed by atoms with van der Waals surface area (Å²) in [5.41, 5.74) is 1.32. The van der Waals surface area contributed by atoms with Gasteiger partial charge in [0.25, 0.3) is 0 Å². The van der Waals surface area contributed by atoms with Gasteiger partial charge in [-0.1, -0.05) is 6.07 Å². The molecule has 82 valence electrons. The van der Waals surface area contributed by atoms with Crippen molar-refractivity contribution in [3.63, 3.8) is 0 Å². The van der Waals surface area contributed by atoms with E-state index >= 15 is 0 Å². The Bertz CT molecular complexity index is 532. The van der Waals surface area contributed by atoms with E-state index < -0.39 is 5.97 Å². The first-order valence-corrected chi connectivity index (χ1v) is 4.82. The highest BCUT2D eigenvalue weighted by molar-refractivity contribution is 5.90. The number of nitrogens with zero attached hydrogens (tertiary/aromatic N) is 3. The van der Waals surface area contributed by atoms with E-state index in [1.807, 2.05) is 6.07 Å². The van der Waals surface area contributed by atoms with E-state index in [4.69, 9.17) is 5.11 Å². The number of carbonyl (C=O) groups is 1. The Kier molecular flexibility index (Phi) is 2.44. The van der Waals surface area contributed by atoms with Gasteiger partial charge in [0.2, 0.25) is 0 Å². The maximum absolute atomic E-state index is 11.0. The molecule has 5 heteroatoms. The van der Waals surface area contributed by atoms with Gasteiger partial charge >= 0.3 is 5.97 Å². The van der Waals surface area contributed by atoms with Crippen LogP contribution < -0.4 is 0 Å². The second-order valence-corrected chi connectivity index (χ2v) is 3.45. The Balaban J connectivity index is 2.61. The van der Waals surface area contributed by atoms with Gasteiger partial charge in [0.15, 0.2) is 5.82 Å². The molecule has 0 fully saturated rings. The third-order valence-corrected chi connectivity index (χ3v) is 2.37. The fraction of sp³-hybridized carbons (Fsp3) is 0.182. The van der Waals surface area contributed by atoms with Crippen LogP contribution in [-0.2, 0) is 0 Å². The van der Waals surface area contributed by atoms with Crippen molar-refractivity contribution in [3.05, 3.63) is 41.3 Å². The average Bonchev–Trinajstić information content (AvgIpc) is 2.55. The van der Waals surface area contributed by atoms with Crippen LogP contribution in [0.4, 0.5) is 0 Å². The number of hydrogen-bond acceptors (Lipinski definition) is 3. The Hall–Kier alpha value is -2.17. The first kappa shape index (κ1) is 10.4. The summed E-state index contributed by atoms with van der Waals surface area (Å²) in [6.45, 7) is 3.40. The lowest BCUT2D eigenvalue weighted by atomic mass is 10.2. The van der Waals surface area contributed by atoms with E-state index in [2.05, 4.69) is 10.1 Å². The molecule has 0 aliphatic carbocycles. The monoisotopic (exact) mass is 217 g/mol. The summed E-state index contributed by atoms with van der Waals surface area (Å²) in [7, 11) is 0. The largest absolute Gasteiger partial charge is 0.478 e. The van der Waals surface area contributed by atoms with Crippen molar-refractivity contribution in [1.82, 2.24) is 14.8 Å². The van der Waals surface area contributed by atoms with E-state index in [1.165, 1.54) is 0 Å². The second-order valence-electron chi connectivity index (χ2n) is 3.45. The molecule has 0 aliphatic heterocycles. The van der Waals surface area contributed by atoms with Crippen molar-refractivity contribution < 1.29 is 9.90 Å². The van der Waals surface area contributed by atoms with Gasteiger partial charge in [-0.3, -0.25) is 0 Å². The van der Waals surface area contributed by atoms with Gasteiger partial charge in [-0.05, 0) is 26.0 Å². The second kappa shape index (κ2) is 3.77. The van der Waals surface area contributed by atoms with Crippen LogP contribution in [0.3, 0.4) is 0 Å². The minimum Gasteiger partial charge on any atom is -0.478 e. The minimum absolute atomic E-state index is 0.241. The van der Waals surface area contributed by atoms with Crippen molar-refractivity contribution in [2.75, 3.05) is 0 Å².